The molecule has 0 saturated carbocycles. The van der Waals surface area contributed by atoms with E-state index >= 15 is 0 Å². The van der Waals surface area contributed by atoms with E-state index in [0.29, 0.717) is 39.2 Å². The highest BCUT2D eigenvalue weighted by molar-refractivity contribution is 6.31. The molecule has 0 unspecified atom stereocenters. The molecule has 0 aromatic heterocycles. The lowest BCUT2D eigenvalue weighted by Crippen LogP contribution is -2.37. The third-order valence-electron chi connectivity index (χ3n) is 6.26. The molecule has 3 aromatic carbocycles. The van der Waals surface area contributed by atoms with E-state index in [4.69, 9.17) is 30.6 Å². The first kappa shape index (κ1) is 23.0. The molecule has 180 valence electrons. The van der Waals surface area contributed by atoms with Crippen LogP contribution in [0, 0.1) is 5.92 Å². The summed E-state index contributed by atoms with van der Waals surface area (Å²) >= 11 is 6.01. The van der Waals surface area contributed by atoms with Gasteiger partial charge < -0.3 is 14.2 Å². The van der Waals surface area contributed by atoms with Crippen molar-refractivity contribution in [2.24, 2.45) is 5.92 Å². The minimum Gasteiger partial charge on any atom is -0.493 e. The second kappa shape index (κ2) is 9.13. The van der Waals surface area contributed by atoms with E-state index in [0.717, 1.165) is 4.90 Å². The van der Waals surface area contributed by atoms with Gasteiger partial charge in [0.15, 0.2) is 17.6 Å². The molecule has 8 nitrogen and oxygen atoms in total. The first-order chi connectivity index (χ1) is 17.0. The number of amides is 2. The molecule has 2 amide bonds. The van der Waals surface area contributed by atoms with Crippen LogP contribution in [0.2, 0.25) is 5.02 Å². The number of hydroxylamine groups is 1. The number of carbonyl (C=O) groups excluding carboxylic acids is 2. The standard InChI is InChI=1S/C26H23ClN2O6/c1-32-19-14-13-18(22(33-2)23(19)34-3)21-20-24(35-29(21)17-7-5-4-6-8-17)26(31)28(25(20)30)16-11-9-15(27)10-12-16/h4-14,20-21,24H,1-3H3/t20-,21-,24+/m1/s1. The Balaban J connectivity index is 1.65. The molecular formula is C26H23ClN2O6. The molecule has 2 aliphatic rings. The van der Waals surface area contributed by atoms with Gasteiger partial charge in [0.1, 0.15) is 12.0 Å². The summed E-state index contributed by atoms with van der Waals surface area (Å²) in [5.74, 6) is -0.382. The highest BCUT2D eigenvalue weighted by atomic mass is 35.5. The molecular weight excluding hydrogens is 472 g/mol. The van der Waals surface area contributed by atoms with E-state index in [2.05, 4.69) is 0 Å². The van der Waals surface area contributed by atoms with Crippen LogP contribution in [0.5, 0.6) is 17.2 Å². The van der Waals surface area contributed by atoms with Crippen LogP contribution < -0.4 is 24.2 Å². The van der Waals surface area contributed by atoms with Crippen LogP contribution >= 0.6 is 11.6 Å². The summed E-state index contributed by atoms with van der Waals surface area (Å²) in [5.41, 5.74) is 1.76. The van der Waals surface area contributed by atoms with Crippen molar-refractivity contribution in [1.82, 2.24) is 0 Å². The van der Waals surface area contributed by atoms with Crippen LogP contribution in [-0.4, -0.2) is 39.2 Å². The number of imide groups is 1. The number of halogens is 1. The van der Waals surface area contributed by atoms with Gasteiger partial charge >= 0.3 is 0 Å². The topological polar surface area (TPSA) is 77.5 Å². The average Bonchev–Trinajstić information content (AvgIpc) is 3.39. The maximum atomic E-state index is 13.8. The first-order valence-corrected chi connectivity index (χ1v) is 11.3. The fraction of sp³-hybridized carbons (Fsp3) is 0.231. The van der Waals surface area contributed by atoms with Crippen LogP contribution in [0.3, 0.4) is 0 Å². The van der Waals surface area contributed by atoms with Crippen LogP contribution in [0.4, 0.5) is 11.4 Å². The van der Waals surface area contributed by atoms with Crippen LogP contribution in [0.1, 0.15) is 11.6 Å². The number of anilines is 2. The maximum Gasteiger partial charge on any atom is 0.266 e. The lowest BCUT2D eigenvalue weighted by molar-refractivity contribution is -0.126. The number of rotatable bonds is 6. The molecule has 9 heteroatoms. The summed E-state index contributed by atoms with van der Waals surface area (Å²) in [6.07, 6.45) is -1.01. The third-order valence-corrected chi connectivity index (χ3v) is 6.52. The monoisotopic (exact) mass is 494 g/mol. The maximum absolute atomic E-state index is 13.8. The minimum absolute atomic E-state index is 0.373. The molecule has 2 saturated heterocycles. The van der Waals surface area contributed by atoms with Crippen molar-refractivity contribution in [3.05, 3.63) is 77.3 Å². The molecule has 0 radical (unpaired) electrons. The number of carbonyl (C=O) groups is 2. The van der Waals surface area contributed by atoms with E-state index in [9.17, 15) is 9.59 Å². The van der Waals surface area contributed by atoms with Gasteiger partial charge in [-0.2, -0.15) is 0 Å². The Hall–Kier alpha value is -3.75. The van der Waals surface area contributed by atoms with Gasteiger partial charge in [-0.3, -0.25) is 14.4 Å². The normalized spacial score (nSPS) is 21.3. The molecule has 0 bridgehead atoms. The van der Waals surface area contributed by atoms with Gasteiger partial charge in [-0.05, 0) is 48.5 Å². The first-order valence-electron chi connectivity index (χ1n) is 10.9. The smallest absolute Gasteiger partial charge is 0.266 e. The Morgan fingerprint density at radius 1 is 0.771 bits per heavy atom. The fourth-order valence-corrected chi connectivity index (χ4v) is 4.86. The fourth-order valence-electron chi connectivity index (χ4n) is 4.73. The third kappa shape index (κ3) is 3.66. The Bertz CT molecular complexity index is 1270. The van der Waals surface area contributed by atoms with Gasteiger partial charge in [0.25, 0.3) is 5.91 Å². The molecule has 2 fully saturated rings. The zero-order valence-electron chi connectivity index (χ0n) is 19.3. The summed E-state index contributed by atoms with van der Waals surface area (Å²) in [6.45, 7) is 0. The number of fused-ring (bicyclic) bond motifs is 1. The SMILES string of the molecule is COc1ccc([C@@H]2[C@H]3C(=O)N(c4ccc(Cl)cc4)C(=O)[C@H]3ON2c2ccccc2)c(OC)c1OC. The number of nitrogens with zero attached hydrogens (tertiary/aromatic N) is 2. The predicted octanol–water partition coefficient (Wildman–Crippen LogP) is 4.42. The Labute approximate surface area is 207 Å². The van der Waals surface area contributed by atoms with Crippen LogP contribution in [0.15, 0.2) is 66.7 Å². The van der Waals surface area contributed by atoms with Crippen molar-refractivity contribution in [2.75, 3.05) is 31.3 Å². The number of hydrogen-bond acceptors (Lipinski definition) is 7. The van der Waals surface area contributed by atoms with Gasteiger partial charge in [-0.25, -0.2) is 9.96 Å². The van der Waals surface area contributed by atoms with E-state index in [-0.39, 0.29) is 5.91 Å². The van der Waals surface area contributed by atoms with Gasteiger partial charge in [-0.15, -0.1) is 0 Å². The van der Waals surface area contributed by atoms with E-state index in [1.165, 1.54) is 21.3 Å². The summed E-state index contributed by atoms with van der Waals surface area (Å²) in [7, 11) is 4.56. The van der Waals surface area contributed by atoms with Crippen molar-refractivity contribution in [2.45, 2.75) is 12.1 Å². The van der Waals surface area contributed by atoms with Crippen molar-refractivity contribution in [1.29, 1.82) is 0 Å². The molecule has 2 heterocycles. The van der Waals surface area contributed by atoms with E-state index in [1.54, 1.807) is 41.5 Å². The largest absolute Gasteiger partial charge is 0.493 e. The van der Waals surface area contributed by atoms with Crippen molar-refractivity contribution in [3.8, 4) is 17.2 Å². The second-order valence-corrected chi connectivity index (χ2v) is 8.51. The number of benzene rings is 3. The molecule has 0 spiro atoms. The molecule has 35 heavy (non-hydrogen) atoms. The molecule has 2 aliphatic heterocycles. The molecule has 0 aliphatic carbocycles. The lowest BCUT2D eigenvalue weighted by atomic mass is 9.89. The van der Waals surface area contributed by atoms with Gasteiger partial charge in [0.05, 0.1) is 32.7 Å². The minimum atomic E-state index is -1.01. The Morgan fingerprint density at radius 3 is 2.09 bits per heavy atom. The summed E-state index contributed by atoms with van der Waals surface area (Å²) in [5, 5.41) is 2.11. The lowest BCUT2D eigenvalue weighted by Gasteiger charge is -2.30. The predicted molar refractivity (Wildman–Crippen MR) is 130 cm³/mol. The number of hydrogen-bond donors (Lipinski definition) is 0. The molecule has 5 rings (SSSR count). The highest BCUT2D eigenvalue weighted by Gasteiger charge is 2.61. The van der Waals surface area contributed by atoms with Gasteiger partial charge in [0.2, 0.25) is 11.7 Å². The molecule has 3 aromatic rings. The number of para-hydroxylation sites is 1. The summed E-state index contributed by atoms with van der Waals surface area (Å²) in [4.78, 5) is 34.6. The van der Waals surface area contributed by atoms with E-state index in [1.807, 2.05) is 30.3 Å². The zero-order valence-corrected chi connectivity index (χ0v) is 20.1. The Morgan fingerprint density at radius 2 is 1.46 bits per heavy atom. The average molecular weight is 495 g/mol. The van der Waals surface area contributed by atoms with Crippen LogP contribution in [0.25, 0.3) is 0 Å². The Kier molecular flexibility index (Phi) is 6.00. The zero-order chi connectivity index (χ0) is 24.7. The van der Waals surface area contributed by atoms with Gasteiger partial charge in [-0.1, -0.05) is 29.8 Å². The second-order valence-electron chi connectivity index (χ2n) is 8.07. The molecule has 3 atom stereocenters. The highest BCUT2D eigenvalue weighted by Crippen LogP contribution is 2.52. The number of ether oxygens (including phenoxy) is 3. The number of methoxy groups -OCH3 is 3. The van der Waals surface area contributed by atoms with Crippen molar-refractivity contribution < 1.29 is 28.6 Å². The quantitative estimate of drug-likeness (QED) is 0.469. The summed E-state index contributed by atoms with van der Waals surface area (Å²) < 4.78 is 16.7. The van der Waals surface area contributed by atoms with Crippen molar-refractivity contribution in [3.63, 3.8) is 0 Å². The van der Waals surface area contributed by atoms with Gasteiger partial charge in [0, 0.05) is 10.6 Å². The summed E-state index contributed by atoms with van der Waals surface area (Å²) in [6, 6.07) is 18.7. The van der Waals surface area contributed by atoms with Crippen LogP contribution in [-0.2, 0) is 14.4 Å². The van der Waals surface area contributed by atoms with Crippen molar-refractivity contribution >= 4 is 34.8 Å². The van der Waals surface area contributed by atoms with E-state index < -0.39 is 24.0 Å². The molecule has 0 N–H and O–H groups in total.